The fourth-order valence-electron chi connectivity index (χ4n) is 2.24. The zero-order valence-corrected chi connectivity index (χ0v) is 15.1. The monoisotopic (exact) mass is 285 g/mol. The molecule has 1 heteroatoms. The molecule has 20 heavy (non-hydrogen) atoms. The maximum absolute atomic E-state index is 5.76. The first-order chi connectivity index (χ1) is 9.72. The van der Waals surface area contributed by atoms with Crippen molar-refractivity contribution in [1.82, 2.24) is 0 Å². The Balaban J connectivity index is 0. The lowest BCUT2D eigenvalue weighted by Gasteiger charge is -2.06. The van der Waals surface area contributed by atoms with Crippen LogP contribution in [-0.2, 0) is 0 Å². The molecule has 1 nitrogen and oxygen atoms in total. The molecule has 0 aliphatic carbocycles. The molecular weight excluding hydrogens is 242 g/mol. The fourth-order valence-corrected chi connectivity index (χ4v) is 2.24. The second-order valence-corrected chi connectivity index (χ2v) is 6.14. The highest BCUT2D eigenvalue weighted by molar-refractivity contribution is 4.57. The molecule has 0 aromatic carbocycles. The SMILES string of the molecule is CCCCCCC(N)CC.CCCCCCCCCC. The summed E-state index contributed by atoms with van der Waals surface area (Å²) in [4.78, 5) is 0. The molecular formula is C19H43N. The van der Waals surface area contributed by atoms with Crippen molar-refractivity contribution in [2.45, 2.75) is 124 Å². The van der Waals surface area contributed by atoms with Crippen LogP contribution in [0.3, 0.4) is 0 Å². The molecule has 0 spiro atoms. The molecule has 0 bridgehead atoms. The first-order valence-corrected chi connectivity index (χ1v) is 9.48. The van der Waals surface area contributed by atoms with Gasteiger partial charge in [0.15, 0.2) is 0 Å². The van der Waals surface area contributed by atoms with Gasteiger partial charge in [-0.3, -0.25) is 0 Å². The van der Waals surface area contributed by atoms with Gasteiger partial charge in [0, 0.05) is 6.04 Å². The van der Waals surface area contributed by atoms with Gasteiger partial charge in [-0.15, -0.1) is 0 Å². The number of rotatable bonds is 13. The Morgan fingerprint density at radius 1 is 0.550 bits per heavy atom. The van der Waals surface area contributed by atoms with E-state index in [4.69, 9.17) is 5.73 Å². The molecule has 0 radical (unpaired) electrons. The van der Waals surface area contributed by atoms with Crippen LogP contribution in [0.4, 0.5) is 0 Å². The number of nitrogens with two attached hydrogens (primary N) is 1. The molecule has 1 unspecified atom stereocenters. The molecule has 0 rings (SSSR count). The maximum Gasteiger partial charge on any atom is 0.00362 e. The maximum atomic E-state index is 5.76. The lowest BCUT2D eigenvalue weighted by molar-refractivity contribution is 0.537. The molecule has 0 heterocycles. The van der Waals surface area contributed by atoms with Gasteiger partial charge in [-0.1, -0.05) is 105 Å². The topological polar surface area (TPSA) is 26.0 Å². The summed E-state index contributed by atoms with van der Waals surface area (Å²) in [5.74, 6) is 0. The van der Waals surface area contributed by atoms with Gasteiger partial charge in [0.1, 0.15) is 0 Å². The van der Waals surface area contributed by atoms with Gasteiger partial charge in [-0.25, -0.2) is 0 Å². The molecule has 0 fully saturated rings. The van der Waals surface area contributed by atoms with Crippen molar-refractivity contribution >= 4 is 0 Å². The molecule has 0 amide bonds. The van der Waals surface area contributed by atoms with Crippen molar-refractivity contribution < 1.29 is 0 Å². The molecule has 0 saturated heterocycles. The number of hydrogen-bond acceptors (Lipinski definition) is 1. The largest absolute Gasteiger partial charge is 0.328 e. The summed E-state index contributed by atoms with van der Waals surface area (Å²) in [5.41, 5.74) is 5.76. The highest BCUT2D eigenvalue weighted by atomic mass is 14.6. The zero-order valence-electron chi connectivity index (χ0n) is 15.1. The predicted molar refractivity (Wildman–Crippen MR) is 95.3 cm³/mol. The van der Waals surface area contributed by atoms with E-state index in [1.807, 2.05) is 0 Å². The quantitative estimate of drug-likeness (QED) is 0.368. The summed E-state index contributed by atoms with van der Waals surface area (Å²) in [6.45, 7) is 8.93. The molecule has 0 saturated carbocycles. The van der Waals surface area contributed by atoms with Crippen molar-refractivity contribution in [3.63, 3.8) is 0 Å². The average Bonchev–Trinajstić information content (AvgIpc) is 2.48. The first-order valence-electron chi connectivity index (χ1n) is 9.48. The van der Waals surface area contributed by atoms with Crippen LogP contribution in [0.25, 0.3) is 0 Å². The van der Waals surface area contributed by atoms with Gasteiger partial charge < -0.3 is 5.73 Å². The Hall–Kier alpha value is -0.0400. The second kappa shape index (κ2) is 21.3. The lowest BCUT2D eigenvalue weighted by Crippen LogP contribution is -2.17. The van der Waals surface area contributed by atoms with E-state index < -0.39 is 0 Å². The Labute approximate surface area is 130 Å². The highest BCUT2D eigenvalue weighted by Gasteiger charge is 1.96. The van der Waals surface area contributed by atoms with Gasteiger partial charge in [-0.05, 0) is 12.8 Å². The van der Waals surface area contributed by atoms with Gasteiger partial charge >= 0.3 is 0 Å². The Kier molecular flexibility index (Phi) is 23.6. The predicted octanol–water partition coefficient (Wildman–Crippen LogP) is 6.84. The van der Waals surface area contributed by atoms with E-state index in [-0.39, 0.29) is 0 Å². The van der Waals surface area contributed by atoms with Gasteiger partial charge in [0.25, 0.3) is 0 Å². The van der Waals surface area contributed by atoms with Crippen LogP contribution < -0.4 is 5.73 Å². The van der Waals surface area contributed by atoms with Crippen LogP contribution in [0.15, 0.2) is 0 Å². The normalized spacial score (nSPS) is 11.8. The van der Waals surface area contributed by atoms with Crippen molar-refractivity contribution in [3.05, 3.63) is 0 Å². The van der Waals surface area contributed by atoms with E-state index in [0.29, 0.717) is 6.04 Å². The standard InChI is InChI=1S/C10H22.C9H21N/c1-3-5-7-9-10-8-6-4-2;1-3-5-6-7-8-9(10)4-2/h3-10H2,1-2H3;9H,3-8,10H2,1-2H3. The summed E-state index contributed by atoms with van der Waals surface area (Å²) in [6, 6.07) is 0.455. The molecule has 0 aliphatic heterocycles. The van der Waals surface area contributed by atoms with Gasteiger partial charge in [-0.2, -0.15) is 0 Å². The third kappa shape index (κ3) is 23.1. The van der Waals surface area contributed by atoms with Crippen LogP contribution in [-0.4, -0.2) is 6.04 Å². The van der Waals surface area contributed by atoms with E-state index in [1.54, 1.807) is 0 Å². The summed E-state index contributed by atoms with van der Waals surface area (Å²) in [7, 11) is 0. The Morgan fingerprint density at radius 2 is 0.900 bits per heavy atom. The van der Waals surface area contributed by atoms with Crippen LogP contribution in [0.1, 0.15) is 118 Å². The highest BCUT2D eigenvalue weighted by Crippen LogP contribution is 2.07. The van der Waals surface area contributed by atoms with Crippen molar-refractivity contribution in [1.29, 1.82) is 0 Å². The van der Waals surface area contributed by atoms with Crippen LogP contribution >= 0.6 is 0 Å². The summed E-state index contributed by atoms with van der Waals surface area (Å²) >= 11 is 0. The first kappa shape index (κ1) is 22.2. The summed E-state index contributed by atoms with van der Waals surface area (Å²) in [6.07, 6.45) is 19.2. The molecule has 124 valence electrons. The van der Waals surface area contributed by atoms with E-state index >= 15 is 0 Å². The van der Waals surface area contributed by atoms with E-state index in [0.717, 1.165) is 6.42 Å². The third-order valence-electron chi connectivity index (χ3n) is 3.91. The number of hydrogen-bond donors (Lipinski definition) is 1. The third-order valence-corrected chi connectivity index (χ3v) is 3.91. The molecule has 2 N–H and O–H groups in total. The smallest absolute Gasteiger partial charge is 0.00362 e. The Morgan fingerprint density at radius 3 is 1.25 bits per heavy atom. The van der Waals surface area contributed by atoms with Crippen molar-refractivity contribution in [2.75, 3.05) is 0 Å². The van der Waals surface area contributed by atoms with E-state index in [9.17, 15) is 0 Å². The average molecular weight is 286 g/mol. The minimum atomic E-state index is 0.455. The van der Waals surface area contributed by atoms with Crippen molar-refractivity contribution in [3.8, 4) is 0 Å². The Bertz CT molecular complexity index is 137. The summed E-state index contributed by atoms with van der Waals surface area (Å²) in [5, 5.41) is 0. The van der Waals surface area contributed by atoms with E-state index in [1.165, 1.54) is 83.5 Å². The lowest BCUT2D eigenvalue weighted by atomic mass is 10.1. The molecule has 0 aliphatic rings. The van der Waals surface area contributed by atoms with Crippen LogP contribution in [0.2, 0.25) is 0 Å². The van der Waals surface area contributed by atoms with Crippen molar-refractivity contribution in [2.24, 2.45) is 5.73 Å². The van der Waals surface area contributed by atoms with Crippen LogP contribution in [0, 0.1) is 0 Å². The molecule has 0 aromatic rings. The van der Waals surface area contributed by atoms with Gasteiger partial charge in [0.2, 0.25) is 0 Å². The minimum Gasteiger partial charge on any atom is -0.328 e. The zero-order chi connectivity index (χ0) is 15.5. The minimum absolute atomic E-state index is 0.455. The second-order valence-electron chi connectivity index (χ2n) is 6.14. The summed E-state index contributed by atoms with van der Waals surface area (Å²) < 4.78 is 0. The molecule has 0 aromatic heterocycles. The van der Waals surface area contributed by atoms with Gasteiger partial charge in [0.05, 0.1) is 0 Å². The fraction of sp³-hybridized carbons (Fsp3) is 1.00. The van der Waals surface area contributed by atoms with E-state index in [2.05, 4.69) is 27.7 Å². The number of unbranched alkanes of at least 4 members (excludes halogenated alkanes) is 10. The molecule has 1 atom stereocenters. The van der Waals surface area contributed by atoms with Crippen LogP contribution in [0.5, 0.6) is 0 Å².